The summed E-state index contributed by atoms with van der Waals surface area (Å²) >= 11 is 0. The van der Waals surface area contributed by atoms with Crippen molar-refractivity contribution < 1.29 is 9.53 Å². The summed E-state index contributed by atoms with van der Waals surface area (Å²) in [7, 11) is 5.73. The van der Waals surface area contributed by atoms with Gasteiger partial charge in [-0.05, 0) is 45.6 Å². The van der Waals surface area contributed by atoms with Crippen LogP contribution in [0.15, 0.2) is 24.3 Å². The topological polar surface area (TPSA) is 59.4 Å². The van der Waals surface area contributed by atoms with Crippen molar-refractivity contribution in [2.75, 3.05) is 27.8 Å². The molecule has 6 heteroatoms. The van der Waals surface area contributed by atoms with E-state index in [1.807, 2.05) is 56.9 Å². The highest BCUT2D eigenvalue weighted by Crippen LogP contribution is 2.13. The van der Waals surface area contributed by atoms with E-state index in [4.69, 9.17) is 4.74 Å². The van der Waals surface area contributed by atoms with Crippen molar-refractivity contribution in [1.82, 2.24) is 20.0 Å². The second kappa shape index (κ2) is 8.78. The van der Waals surface area contributed by atoms with Crippen LogP contribution in [-0.4, -0.2) is 48.4 Å². The van der Waals surface area contributed by atoms with Gasteiger partial charge in [0.05, 0.1) is 18.8 Å². The molecule has 0 saturated heterocycles. The van der Waals surface area contributed by atoms with Gasteiger partial charge in [-0.1, -0.05) is 12.1 Å². The second-order valence-corrected chi connectivity index (χ2v) is 6.48. The third kappa shape index (κ3) is 5.14. The number of ether oxygens (including phenoxy) is 1. The van der Waals surface area contributed by atoms with Gasteiger partial charge in [0.2, 0.25) is 0 Å². The van der Waals surface area contributed by atoms with Gasteiger partial charge in [0.15, 0.2) is 0 Å². The van der Waals surface area contributed by atoms with Crippen molar-refractivity contribution in [2.24, 2.45) is 0 Å². The number of carbonyl (C=O) groups is 1. The predicted octanol–water partition coefficient (Wildman–Crippen LogP) is 2.14. The van der Waals surface area contributed by atoms with Crippen LogP contribution >= 0.6 is 0 Å². The van der Waals surface area contributed by atoms with Crippen molar-refractivity contribution in [3.63, 3.8) is 0 Å². The standard InChI is InChI=1S/C19H28N4O2/c1-14-18(15(2)23(21-14)10-11-25-5)12-20-19(24)17-8-6-16(7-9-17)13-22(3)4/h6-9H,10-13H2,1-5H3,(H,20,24). The zero-order chi connectivity index (χ0) is 18.4. The van der Waals surface area contributed by atoms with Crippen molar-refractivity contribution in [2.45, 2.75) is 33.5 Å². The fourth-order valence-corrected chi connectivity index (χ4v) is 2.78. The van der Waals surface area contributed by atoms with E-state index in [2.05, 4.69) is 15.3 Å². The van der Waals surface area contributed by atoms with E-state index in [9.17, 15) is 4.79 Å². The van der Waals surface area contributed by atoms with Gasteiger partial charge in [-0.3, -0.25) is 9.48 Å². The number of nitrogens with one attached hydrogen (secondary N) is 1. The first-order valence-corrected chi connectivity index (χ1v) is 8.46. The first-order valence-electron chi connectivity index (χ1n) is 8.46. The molecule has 1 N–H and O–H groups in total. The fourth-order valence-electron chi connectivity index (χ4n) is 2.78. The Kier molecular flexibility index (Phi) is 6.73. The van der Waals surface area contributed by atoms with Crippen LogP contribution in [0.3, 0.4) is 0 Å². The number of methoxy groups -OCH3 is 1. The van der Waals surface area contributed by atoms with Gasteiger partial charge in [-0.25, -0.2) is 0 Å². The molecule has 0 saturated carbocycles. The summed E-state index contributed by atoms with van der Waals surface area (Å²) in [5.74, 6) is -0.0696. The van der Waals surface area contributed by atoms with Gasteiger partial charge in [-0.15, -0.1) is 0 Å². The molecule has 0 atom stereocenters. The van der Waals surface area contributed by atoms with E-state index in [-0.39, 0.29) is 5.91 Å². The Bertz CT molecular complexity index is 705. The lowest BCUT2D eigenvalue weighted by atomic mass is 10.1. The van der Waals surface area contributed by atoms with Gasteiger partial charge in [0, 0.05) is 37.0 Å². The van der Waals surface area contributed by atoms with Gasteiger partial charge in [-0.2, -0.15) is 5.10 Å². The molecular weight excluding hydrogens is 316 g/mol. The van der Waals surface area contributed by atoms with Crippen molar-refractivity contribution in [3.8, 4) is 0 Å². The predicted molar refractivity (Wildman–Crippen MR) is 98.6 cm³/mol. The van der Waals surface area contributed by atoms with Gasteiger partial charge >= 0.3 is 0 Å². The third-order valence-corrected chi connectivity index (χ3v) is 4.18. The summed E-state index contributed by atoms with van der Waals surface area (Å²) in [5.41, 5.74) is 4.93. The van der Waals surface area contributed by atoms with Crippen LogP contribution in [0.5, 0.6) is 0 Å². The minimum absolute atomic E-state index is 0.0696. The molecule has 2 rings (SSSR count). The van der Waals surface area contributed by atoms with Crippen LogP contribution in [-0.2, 0) is 24.4 Å². The van der Waals surface area contributed by atoms with Crippen molar-refractivity contribution in [1.29, 1.82) is 0 Å². The Balaban J connectivity index is 1.99. The summed E-state index contributed by atoms with van der Waals surface area (Å²) in [6.45, 7) is 6.66. The van der Waals surface area contributed by atoms with Crippen LogP contribution < -0.4 is 5.32 Å². The number of amides is 1. The fraction of sp³-hybridized carbons (Fsp3) is 0.474. The number of nitrogens with zero attached hydrogens (tertiary/aromatic N) is 3. The molecule has 136 valence electrons. The molecule has 1 aromatic heterocycles. The first-order chi connectivity index (χ1) is 11.9. The Morgan fingerprint density at radius 1 is 1.24 bits per heavy atom. The maximum atomic E-state index is 12.4. The highest BCUT2D eigenvalue weighted by molar-refractivity contribution is 5.94. The minimum Gasteiger partial charge on any atom is -0.383 e. The van der Waals surface area contributed by atoms with E-state index in [0.29, 0.717) is 25.3 Å². The number of benzene rings is 1. The summed E-state index contributed by atoms with van der Waals surface area (Å²) in [6.07, 6.45) is 0. The number of hydrogen-bond acceptors (Lipinski definition) is 4. The molecule has 0 radical (unpaired) electrons. The molecule has 0 aliphatic heterocycles. The van der Waals surface area contributed by atoms with E-state index in [0.717, 1.165) is 23.5 Å². The molecule has 0 bridgehead atoms. The maximum Gasteiger partial charge on any atom is 0.251 e. The van der Waals surface area contributed by atoms with Crippen molar-refractivity contribution in [3.05, 3.63) is 52.3 Å². The number of aromatic nitrogens is 2. The summed E-state index contributed by atoms with van der Waals surface area (Å²) in [4.78, 5) is 14.5. The van der Waals surface area contributed by atoms with Gasteiger partial charge in [0.25, 0.3) is 5.91 Å². The zero-order valence-electron chi connectivity index (χ0n) is 15.8. The van der Waals surface area contributed by atoms with E-state index in [1.54, 1.807) is 7.11 Å². The van der Waals surface area contributed by atoms with E-state index in [1.165, 1.54) is 5.56 Å². The average molecular weight is 344 g/mol. The van der Waals surface area contributed by atoms with E-state index < -0.39 is 0 Å². The second-order valence-electron chi connectivity index (χ2n) is 6.48. The molecule has 0 fully saturated rings. The first kappa shape index (κ1) is 19.1. The Hall–Kier alpha value is -2.18. The molecular formula is C19H28N4O2. The molecule has 2 aromatic rings. The van der Waals surface area contributed by atoms with Crippen LogP contribution in [0.25, 0.3) is 0 Å². The van der Waals surface area contributed by atoms with E-state index >= 15 is 0 Å². The normalized spacial score (nSPS) is 11.1. The van der Waals surface area contributed by atoms with Crippen LogP contribution in [0.4, 0.5) is 0 Å². The number of carbonyl (C=O) groups excluding carboxylic acids is 1. The summed E-state index contributed by atoms with van der Waals surface area (Å²) < 4.78 is 7.03. The number of hydrogen-bond donors (Lipinski definition) is 1. The van der Waals surface area contributed by atoms with Crippen LogP contribution in [0.1, 0.15) is 32.9 Å². The maximum absolute atomic E-state index is 12.4. The highest BCUT2D eigenvalue weighted by atomic mass is 16.5. The summed E-state index contributed by atoms with van der Waals surface area (Å²) in [6, 6.07) is 7.73. The molecule has 0 aliphatic rings. The molecule has 0 unspecified atom stereocenters. The summed E-state index contributed by atoms with van der Waals surface area (Å²) in [5, 5.41) is 7.51. The Morgan fingerprint density at radius 3 is 2.52 bits per heavy atom. The monoisotopic (exact) mass is 344 g/mol. The van der Waals surface area contributed by atoms with Crippen LogP contribution in [0, 0.1) is 13.8 Å². The SMILES string of the molecule is COCCn1nc(C)c(CNC(=O)c2ccc(CN(C)C)cc2)c1C. The zero-order valence-corrected chi connectivity index (χ0v) is 15.8. The largest absolute Gasteiger partial charge is 0.383 e. The highest BCUT2D eigenvalue weighted by Gasteiger charge is 2.13. The van der Waals surface area contributed by atoms with Gasteiger partial charge < -0.3 is 15.0 Å². The Morgan fingerprint density at radius 2 is 1.92 bits per heavy atom. The number of aryl methyl sites for hydroxylation is 1. The average Bonchev–Trinajstić information content (AvgIpc) is 2.84. The Labute approximate surface area is 149 Å². The molecule has 25 heavy (non-hydrogen) atoms. The van der Waals surface area contributed by atoms with Gasteiger partial charge in [0.1, 0.15) is 0 Å². The number of rotatable bonds is 8. The molecule has 0 spiro atoms. The lowest BCUT2D eigenvalue weighted by Gasteiger charge is -2.10. The minimum atomic E-state index is -0.0696. The molecule has 6 nitrogen and oxygen atoms in total. The smallest absolute Gasteiger partial charge is 0.251 e. The van der Waals surface area contributed by atoms with Crippen LogP contribution in [0.2, 0.25) is 0 Å². The lowest BCUT2D eigenvalue weighted by molar-refractivity contribution is 0.0951. The van der Waals surface area contributed by atoms with Crippen molar-refractivity contribution >= 4 is 5.91 Å². The lowest BCUT2D eigenvalue weighted by Crippen LogP contribution is -2.23. The molecule has 1 amide bonds. The third-order valence-electron chi connectivity index (χ3n) is 4.18. The molecule has 1 aromatic carbocycles. The molecule has 0 aliphatic carbocycles. The molecule has 1 heterocycles. The quantitative estimate of drug-likeness (QED) is 0.797.